The molecule has 2 aromatic rings. The minimum Gasteiger partial charge on any atom is -0.407 e. The normalized spacial score (nSPS) is 15.2. The fraction of sp³-hybridized carbons (Fsp3) is 0.440. The van der Waals surface area contributed by atoms with Gasteiger partial charge in [0.2, 0.25) is 0 Å². The Morgan fingerprint density at radius 1 is 0.929 bits per heavy atom. The molecule has 0 aliphatic rings. The summed E-state index contributed by atoms with van der Waals surface area (Å²) in [6.07, 6.45) is -0.509. The lowest BCUT2D eigenvalue weighted by Crippen LogP contribution is -2.67. The molecule has 3 atom stereocenters. The molecule has 0 aliphatic carbocycles. The van der Waals surface area contributed by atoms with Gasteiger partial charge in [0.05, 0.1) is 6.10 Å². The molecule has 0 saturated carbocycles. The average molecular weight is 395 g/mol. The van der Waals surface area contributed by atoms with E-state index in [0.29, 0.717) is 6.61 Å². The standard InChI is InChI=1S/C25H34O2Si/c1-7-14-20(2)24(26)21(3)19-27-28(25(4,5)6,22-15-10-8-11-16-22)23-17-12-9-13-18-23/h8-13,15-18,20-21,24,26H,19H2,1-6H3/t20-,21+,24-/m0/s1. The Bertz CT molecular complexity index is 745. The molecule has 2 nitrogen and oxygen atoms in total. The van der Waals surface area contributed by atoms with E-state index >= 15 is 0 Å². The van der Waals surface area contributed by atoms with E-state index in [1.54, 1.807) is 0 Å². The van der Waals surface area contributed by atoms with Crippen LogP contribution >= 0.6 is 0 Å². The highest BCUT2D eigenvalue weighted by Gasteiger charge is 2.50. The van der Waals surface area contributed by atoms with Gasteiger partial charge < -0.3 is 9.53 Å². The predicted molar refractivity (Wildman–Crippen MR) is 121 cm³/mol. The second-order valence-electron chi connectivity index (χ2n) is 8.63. The van der Waals surface area contributed by atoms with Crippen LogP contribution in [0.3, 0.4) is 0 Å². The lowest BCUT2D eigenvalue weighted by Gasteiger charge is -2.44. The van der Waals surface area contributed by atoms with Gasteiger partial charge in [-0.1, -0.05) is 94.3 Å². The average Bonchev–Trinajstić information content (AvgIpc) is 2.68. The van der Waals surface area contributed by atoms with Crippen LogP contribution in [0.5, 0.6) is 0 Å². The molecule has 0 amide bonds. The number of benzene rings is 2. The molecule has 1 N–H and O–H groups in total. The number of hydrogen-bond acceptors (Lipinski definition) is 2. The van der Waals surface area contributed by atoms with E-state index in [0.717, 1.165) is 0 Å². The summed E-state index contributed by atoms with van der Waals surface area (Å²) in [6.45, 7) is 13.1. The summed E-state index contributed by atoms with van der Waals surface area (Å²) >= 11 is 0. The predicted octanol–water partition coefficient (Wildman–Crippen LogP) is 4.22. The Morgan fingerprint density at radius 2 is 1.39 bits per heavy atom. The van der Waals surface area contributed by atoms with Crippen molar-refractivity contribution in [1.29, 1.82) is 0 Å². The molecule has 0 saturated heterocycles. The minimum atomic E-state index is -2.56. The van der Waals surface area contributed by atoms with Gasteiger partial charge in [0.1, 0.15) is 0 Å². The molecule has 0 fully saturated rings. The molecule has 0 bridgehead atoms. The molecular weight excluding hydrogens is 360 g/mol. The van der Waals surface area contributed by atoms with Crippen LogP contribution in [0, 0.1) is 23.7 Å². The Hall–Kier alpha value is -1.86. The molecule has 0 aromatic heterocycles. The van der Waals surface area contributed by atoms with E-state index in [-0.39, 0.29) is 16.9 Å². The largest absolute Gasteiger partial charge is 0.407 e. The van der Waals surface area contributed by atoms with Gasteiger partial charge >= 0.3 is 0 Å². The van der Waals surface area contributed by atoms with Crippen LogP contribution in [-0.2, 0) is 4.43 Å². The van der Waals surface area contributed by atoms with Crippen molar-refractivity contribution in [2.75, 3.05) is 6.61 Å². The Kier molecular flexibility index (Phi) is 7.66. The van der Waals surface area contributed by atoms with Gasteiger partial charge in [-0.2, -0.15) is 0 Å². The summed E-state index contributed by atoms with van der Waals surface area (Å²) in [4.78, 5) is 0. The summed E-state index contributed by atoms with van der Waals surface area (Å²) < 4.78 is 6.91. The van der Waals surface area contributed by atoms with E-state index in [1.165, 1.54) is 10.4 Å². The molecule has 0 spiro atoms. The van der Waals surface area contributed by atoms with Gasteiger partial charge in [0.15, 0.2) is 0 Å². The van der Waals surface area contributed by atoms with Crippen molar-refractivity contribution < 1.29 is 9.53 Å². The van der Waals surface area contributed by atoms with E-state index in [1.807, 2.05) is 26.0 Å². The molecule has 0 radical (unpaired) electrons. The smallest absolute Gasteiger partial charge is 0.261 e. The highest BCUT2D eigenvalue weighted by molar-refractivity contribution is 6.99. The first-order chi connectivity index (χ1) is 13.2. The highest BCUT2D eigenvalue weighted by atomic mass is 28.4. The van der Waals surface area contributed by atoms with Gasteiger partial charge in [-0.05, 0) is 29.3 Å². The first-order valence-corrected chi connectivity index (χ1v) is 12.0. The van der Waals surface area contributed by atoms with Gasteiger partial charge in [-0.25, -0.2) is 0 Å². The van der Waals surface area contributed by atoms with Crippen molar-refractivity contribution in [1.82, 2.24) is 0 Å². The van der Waals surface area contributed by atoms with Crippen LogP contribution < -0.4 is 10.4 Å². The number of aliphatic hydroxyl groups is 1. The number of aliphatic hydroxyl groups excluding tert-OH is 1. The third-order valence-corrected chi connectivity index (χ3v) is 10.5. The van der Waals surface area contributed by atoms with Crippen molar-refractivity contribution in [3.05, 3.63) is 60.7 Å². The SMILES string of the molecule is CC#C[C@H](C)[C@H](O)[C@H](C)CO[Si](c1ccccc1)(c1ccccc1)C(C)(C)C. The van der Waals surface area contributed by atoms with Crippen molar-refractivity contribution in [2.45, 2.75) is 52.7 Å². The summed E-state index contributed by atoms with van der Waals surface area (Å²) in [7, 11) is -2.56. The molecule has 28 heavy (non-hydrogen) atoms. The zero-order valence-corrected chi connectivity index (χ0v) is 19.1. The molecule has 150 valence electrons. The first-order valence-electron chi connectivity index (χ1n) is 10.1. The zero-order chi connectivity index (χ0) is 20.8. The molecular formula is C25H34O2Si. The quantitative estimate of drug-likeness (QED) is 0.563. The lowest BCUT2D eigenvalue weighted by atomic mass is 9.94. The third kappa shape index (κ3) is 4.75. The van der Waals surface area contributed by atoms with Crippen molar-refractivity contribution in [3.63, 3.8) is 0 Å². The summed E-state index contributed by atoms with van der Waals surface area (Å²) in [5, 5.41) is 13.2. The maximum atomic E-state index is 10.7. The van der Waals surface area contributed by atoms with E-state index in [9.17, 15) is 5.11 Å². The van der Waals surface area contributed by atoms with Gasteiger partial charge in [0.25, 0.3) is 8.32 Å². The number of rotatable bonds is 7. The Balaban J connectivity index is 2.46. The number of hydrogen-bond donors (Lipinski definition) is 1. The van der Waals surface area contributed by atoms with E-state index in [2.05, 4.69) is 88.1 Å². The molecule has 2 aromatic carbocycles. The monoisotopic (exact) mass is 394 g/mol. The van der Waals surface area contributed by atoms with Crippen LogP contribution in [0.15, 0.2) is 60.7 Å². The van der Waals surface area contributed by atoms with E-state index < -0.39 is 14.4 Å². The Labute approximate surface area is 172 Å². The molecule has 0 aliphatic heterocycles. The van der Waals surface area contributed by atoms with Crippen molar-refractivity contribution in [2.24, 2.45) is 11.8 Å². The second kappa shape index (κ2) is 9.56. The van der Waals surface area contributed by atoms with Gasteiger partial charge in [0, 0.05) is 18.4 Å². The summed E-state index contributed by atoms with van der Waals surface area (Å²) in [6, 6.07) is 21.2. The van der Waals surface area contributed by atoms with E-state index in [4.69, 9.17) is 4.43 Å². The van der Waals surface area contributed by atoms with Crippen LogP contribution in [-0.4, -0.2) is 26.1 Å². The van der Waals surface area contributed by atoms with Gasteiger partial charge in [-0.3, -0.25) is 0 Å². The highest BCUT2D eigenvalue weighted by Crippen LogP contribution is 2.37. The topological polar surface area (TPSA) is 29.5 Å². The van der Waals surface area contributed by atoms with Gasteiger partial charge in [-0.15, -0.1) is 5.92 Å². The van der Waals surface area contributed by atoms with Crippen LogP contribution in [0.4, 0.5) is 0 Å². The summed E-state index contributed by atoms with van der Waals surface area (Å²) in [5.41, 5.74) is 0. The first kappa shape index (κ1) is 22.4. The van der Waals surface area contributed by atoms with Crippen molar-refractivity contribution in [3.8, 4) is 11.8 Å². The second-order valence-corrected chi connectivity index (χ2v) is 12.9. The Morgan fingerprint density at radius 3 is 1.79 bits per heavy atom. The summed E-state index contributed by atoms with van der Waals surface area (Å²) in [5.74, 6) is 5.91. The maximum Gasteiger partial charge on any atom is 0.261 e. The molecule has 2 rings (SSSR count). The lowest BCUT2D eigenvalue weighted by molar-refractivity contribution is 0.0576. The molecule has 3 heteroatoms. The van der Waals surface area contributed by atoms with Crippen molar-refractivity contribution >= 4 is 18.7 Å². The third-order valence-electron chi connectivity index (χ3n) is 5.45. The molecule has 0 unspecified atom stereocenters. The fourth-order valence-corrected chi connectivity index (χ4v) is 8.59. The fourth-order valence-electron chi connectivity index (χ4n) is 3.92. The zero-order valence-electron chi connectivity index (χ0n) is 18.1. The van der Waals surface area contributed by atoms with Crippen LogP contribution in [0.2, 0.25) is 5.04 Å². The maximum absolute atomic E-state index is 10.7. The minimum absolute atomic E-state index is 0.00232. The van der Waals surface area contributed by atoms with Crippen LogP contribution in [0.1, 0.15) is 41.5 Å². The molecule has 0 heterocycles. The van der Waals surface area contributed by atoms with Crippen LogP contribution in [0.25, 0.3) is 0 Å².